The molecule has 0 saturated heterocycles. The molecule has 5 heteroatoms. The summed E-state index contributed by atoms with van der Waals surface area (Å²) in [6.07, 6.45) is 0. The van der Waals surface area contributed by atoms with Gasteiger partial charge in [0.2, 0.25) is 5.89 Å². The first kappa shape index (κ1) is 9.36. The highest BCUT2D eigenvalue weighted by atomic mass is 32.1. The molecule has 0 saturated carbocycles. The fraction of sp³-hybridized carbons (Fsp3) is 0.333. The summed E-state index contributed by atoms with van der Waals surface area (Å²) in [4.78, 5) is 16.4. The third kappa shape index (κ3) is 1.34. The molecule has 4 nitrogen and oxygen atoms in total. The molecule has 14 heavy (non-hydrogen) atoms. The number of fused-ring (bicyclic) bond motifs is 1. The van der Waals surface area contributed by atoms with Crippen molar-refractivity contribution in [2.45, 2.75) is 19.9 Å². The van der Waals surface area contributed by atoms with Crippen LogP contribution in [0.5, 0.6) is 0 Å². The van der Waals surface area contributed by atoms with Gasteiger partial charge in [0.15, 0.2) is 0 Å². The smallest absolute Gasteiger partial charge is 0.348 e. The molecule has 2 N–H and O–H groups in total. The van der Waals surface area contributed by atoms with Gasteiger partial charge < -0.3 is 10.2 Å². The van der Waals surface area contributed by atoms with E-state index in [-0.39, 0.29) is 11.7 Å². The number of rotatable bonds is 1. The molecule has 2 rings (SSSR count). The highest BCUT2D eigenvalue weighted by Crippen LogP contribution is 2.21. The summed E-state index contributed by atoms with van der Waals surface area (Å²) in [5.41, 5.74) is 6.15. The van der Waals surface area contributed by atoms with Crippen molar-refractivity contribution in [2.75, 3.05) is 0 Å². The Balaban J connectivity index is 2.81. The van der Waals surface area contributed by atoms with E-state index in [1.165, 1.54) is 11.3 Å². The van der Waals surface area contributed by atoms with Crippen molar-refractivity contribution in [3.8, 4) is 0 Å². The summed E-state index contributed by atoms with van der Waals surface area (Å²) in [6.45, 7) is 3.60. The van der Waals surface area contributed by atoms with Crippen LogP contribution in [0.3, 0.4) is 0 Å². The molecule has 0 aromatic carbocycles. The van der Waals surface area contributed by atoms with Crippen LogP contribution in [0.2, 0.25) is 0 Å². The van der Waals surface area contributed by atoms with Gasteiger partial charge in [-0.3, -0.25) is 0 Å². The fourth-order valence-electron chi connectivity index (χ4n) is 1.22. The van der Waals surface area contributed by atoms with E-state index in [1.807, 2.05) is 12.3 Å². The maximum absolute atomic E-state index is 11.5. The van der Waals surface area contributed by atoms with Gasteiger partial charge in [-0.15, -0.1) is 11.3 Å². The fourth-order valence-corrected chi connectivity index (χ4v) is 2.14. The second-order valence-corrected chi connectivity index (χ2v) is 4.09. The van der Waals surface area contributed by atoms with E-state index in [2.05, 4.69) is 4.98 Å². The van der Waals surface area contributed by atoms with Crippen molar-refractivity contribution in [2.24, 2.45) is 5.73 Å². The van der Waals surface area contributed by atoms with Crippen molar-refractivity contribution in [3.05, 3.63) is 27.3 Å². The van der Waals surface area contributed by atoms with E-state index in [4.69, 9.17) is 10.2 Å². The van der Waals surface area contributed by atoms with Gasteiger partial charge in [0, 0.05) is 0 Å². The minimum Gasteiger partial charge on any atom is -0.406 e. The molecule has 2 aromatic rings. The topological polar surface area (TPSA) is 69.1 Å². The third-order valence-corrected chi connectivity index (χ3v) is 2.95. The van der Waals surface area contributed by atoms with Gasteiger partial charge in [-0.05, 0) is 24.8 Å². The van der Waals surface area contributed by atoms with Crippen molar-refractivity contribution in [3.63, 3.8) is 0 Å². The van der Waals surface area contributed by atoms with Crippen molar-refractivity contribution < 1.29 is 4.42 Å². The largest absolute Gasteiger partial charge is 0.406 e. The maximum Gasteiger partial charge on any atom is 0.348 e. The van der Waals surface area contributed by atoms with Gasteiger partial charge in [0.1, 0.15) is 4.83 Å². The molecule has 0 radical (unpaired) electrons. The quantitative estimate of drug-likeness (QED) is 0.775. The number of nitrogens with two attached hydrogens (primary N) is 1. The average Bonchev–Trinajstić information content (AvgIpc) is 2.48. The Hall–Kier alpha value is -1.20. The Bertz CT molecular complexity index is 527. The number of hydrogen-bond acceptors (Lipinski definition) is 5. The molecule has 0 bridgehead atoms. The van der Waals surface area contributed by atoms with Crippen molar-refractivity contribution in [1.82, 2.24) is 4.98 Å². The summed E-state index contributed by atoms with van der Waals surface area (Å²) in [5, 5.41) is 2.46. The van der Waals surface area contributed by atoms with Crippen molar-refractivity contribution >= 4 is 21.6 Å². The highest BCUT2D eigenvalue weighted by molar-refractivity contribution is 7.16. The molecule has 0 fully saturated rings. The first-order chi connectivity index (χ1) is 6.59. The lowest BCUT2D eigenvalue weighted by Gasteiger charge is -2.01. The summed E-state index contributed by atoms with van der Waals surface area (Å²) in [7, 11) is 0. The van der Waals surface area contributed by atoms with Crippen LogP contribution in [0.25, 0.3) is 10.2 Å². The predicted octanol–water partition coefficient (Wildman–Crippen LogP) is 1.58. The maximum atomic E-state index is 11.5. The summed E-state index contributed by atoms with van der Waals surface area (Å²) in [6, 6.07) is -0.352. The number of aryl methyl sites for hydroxylation is 1. The molecule has 2 heterocycles. The van der Waals surface area contributed by atoms with Gasteiger partial charge in [-0.2, -0.15) is 0 Å². The van der Waals surface area contributed by atoms with Crippen LogP contribution in [0.4, 0.5) is 0 Å². The minimum absolute atomic E-state index is 0.296. The van der Waals surface area contributed by atoms with Crippen LogP contribution in [0, 0.1) is 6.92 Å². The van der Waals surface area contributed by atoms with E-state index in [1.54, 1.807) is 6.92 Å². The number of aromatic nitrogens is 1. The average molecular weight is 210 g/mol. The Morgan fingerprint density at radius 1 is 1.64 bits per heavy atom. The Labute approximate surface area is 84.4 Å². The zero-order valence-corrected chi connectivity index (χ0v) is 8.72. The van der Waals surface area contributed by atoms with Crippen LogP contribution in [0.1, 0.15) is 24.4 Å². The van der Waals surface area contributed by atoms with Crippen LogP contribution in [-0.4, -0.2) is 4.98 Å². The zero-order valence-electron chi connectivity index (χ0n) is 7.90. The van der Waals surface area contributed by atoms with Gasteiger partial charge in [0.05, 0.1) is 11.4 Å². The van der Waals surface area contributed by atoms with Gasteiger partial charge in [0.25, 0.3) is 0 Å². The second kappa shape index (κ2) is 3.18. The van der Waals surface area contributed by atoms with Crippen molar-refractivity contribution in [1.29, 1.82) is 0 Å². The summed E-state index contributed by atoms with van der Waals surface area (Å²) >= 11 is 1.43. The first-order valence-electron chi connectivity index (χ1n) is 4.24. The number of nitrogens with zero attached hydrogens (tertiary/aromatic N) is 1. The molecule has 0 aliphatic heterocycles. The Kier molecular flexibility index (Phi) is 2.13. The molecule has 74 valence electrons. The zero-order chi connectivity index (χ0) is 10.3. The van der Waals surface area contributed by atoms with E-state index in [0.29, 0.717) is 16.1 Å². The van der Waals surface area contributed by atoms with Crippen LogP contribution < -0.4 is 11.4 Å². The standard InChI is InChI=1S/C9H10N2O2S/c1-4-3-14-8-6(4)9(12)13-7(11-8)5(2)10/h3,5H,10H2,1-2H3/t5-/m0/s1. The lowest BCUT2D eigenvalue weighted by Crippen LogP contribution is -2.12. The molecule has 0 unspecified atom stereocenters. The Morgan fingerprint density at radius 3 is 3.00 bits per heavy atom. The molecule has 0 amide bonds. The Morgan fingerprint density at radius 2 is 2.36 bits per heavy atom. The highest BCUT2D eigenvalue weighted by Gasteiger charge is 2.12. The van der Waals surface area contributed by atoms with E-state index in [0.717, 1.165) is 5.56 Å². The molecule has 0 aliphatic rings. The molecule has 0 spiro atoms. The molecule has 0 aliphatic carbocycles. The number of hydrogen-bond donors (Lipinski definition) is 1. The van der Waals surface area contributed by atoms with E-state index < -0.39 is 0 Å². The van der Waals surface area contributed by atoms with Crippen LogP contribution in [-0.2, 0) is 0 Å². The van der Waals surface area contributed by atoms with E-state index in [9.17, 15) is 4.79 Å². The van der Waals surface area contributed by atoms with Crippen LogP contribution >= 0.6 is 11.3 Å². The monoisotopic (exact) mass is 210 g/mol. The lowest BCUT2D eigenvalue weighted by molar-refractivity contribution is 0.419. The van der Waals surface area contributed by atoms with Gasteiger partial charge >= 0.3 is 5.63 Å². The third-order valence-electron chi connectivity index (χ3n) is 1.96. The molecular weight excluding hydrogens is 200 g/mol. The molecule has 1 atom stereocenters. The summed E-state index contributed by atoms with van der Waals surface area (Å²) < 4.78 is 5.01. The molecule has 2 aromatic heterocycles. The predicted molar refractivity (Wildman–Crippen MR) is 55.5 cm³/mol. The van der Waals surface area contributed by atoms with Gasteiger partial charge in [-0.1, -0.05) is 0 Å². The second-order valence-electron chi connectivity index (χ2n) is 3.23. The summed E-state index contributed by atoms with van der Waals surface area (Å²) in [5.74, 6) is 0.296. The lowest BCUT2D eigenvalue weighted by atomic mass is 10.3. The normalized spacial score (nSPS) is 13.4. The van der Waals surface area contributed by atoms with E-state index >= 15 is 0 Å². The first-order valence-corrected chi connectivity index (χ1v) is 5.12. The van der Waals surface area contributed by atoms with Gasteiger partial charge in [-0.25, -0.2) is 9.78 Å². The van der Waals surface area contributed by atoms with Crippen LogP contribution in [0.15, 0.2) is 14.6 Å². The number of thiophene rings is 1. The SMILES string of the molecule is Cc1csc2nc([C@H](C)N)oc(=O)c12. The minimum atomic E-state index is -0.352. The molecular formula is C9H10N2O2S.